The number of amides is 1. The Labute approximate surface area is 287 Å². The van der Waals surface area contributed by atoms with Crippen molar-refractivity contribution in [1.29, 1.82) is 0 Å². The molecule has 0 bridgehead atoms. The molecule has 1 fully saturated rings. The minimum atomic E-state index is -4.16. The summed E-state index contributed by atoms with van der Waals surface area (Å²) in [4.78, 5) is 24.6. The van der Waals surface area contributed by atoms with Gasteiger partial charge in [0.15, 0.2) is 17.6 Å². The number of nitrogens with one attached hydrogen (secondary N) is 2. The zero-order chi connectivity index (χ0) is 35.3. The van der Waals surface area contributed by atoms with Crippen molar-refractivity contribution < 1.29 is 32.5 Å². The number of aromatic hydroxyl groups is 1. The monoisotopic (exact) mass is 689 g/mol. The van der Waals surface area contributed by atoms with Gasteiger partial charge in [0.25, 0.3) is 10.0 Å². The number of rotatable bonds is 11. The first-order chi connectivity index (χ1) is 23.3. The van der Waals surface area contributed by atoms with E-state index in [9.17, 15) is 18.3 Å². The maximum atomic E-state index is 14.4. The predicted octanol–water partition coefficient (Wildman–Crippen LogP) is 5.37. The summed E-state index contributed by atoms with van der Waals surface area (Å²) in [7, 11) is -2.83. The Bertz CT molecular complexity index is 1870. The fourth-order valence-electron chi connectivity index (χ4n) is 5.78. The Balaban J connectivity index is 1.63. The molecule has 1 aliphatic heterocycles. The molecule has 260 valence electrons. The summed E-state index contributed by atoms with van der Waals surface area (Å²) < 4.78 is 47.8. The van der Waals surface area contributed by atoms with E-state index in [2.05, 4.69) is 20.0 Å². The molecule has 13 heteroatoms. The lowest BCUT2D eigenvalue weighted by Crippen LogP contribution is -2.53. The maximum Gasteiger partial charge on any atom is 0.262 e. The van der Waals surface area contributed by atoms with Crippen LogP contribution in [0.4, 0.5) is 11.4 Å². The molecule has 1 aliphatic rings. The highest BCUT2D eigenvalue weighted by molar-refractivity contribution is 7.92. The summed E-state index contributed by atoms with van der Waals surface area (Å²) >= 11 is 0. The largest absolute Gasteiger partial charge is 0.504 e. The number of phenolic OH excluding ortho intramolecular Hbond substituents is 1. The number of morpholine rings is 1. The summed E-state index contributed by atoms with van der Waals surface area (Å²) in [5.74, 6) is -0.638. The van der Waals surface area contributed by atoms with Gasteiger partial charge >= 0.3 is 0 Å². The van der Waals surface area contributed by atoms with Crippen LogP contribution in [0.25, 0.3) is 0 Å². The Hall–Kier alpha value is -4.72. The van der Waals surface area contributed by atoms with E-state index >= 15 is 0 Å². The lowest BCUT2D eigenvalue weighted by Gasteiger charge is -2.38. The van der Waals surface area contributed by atoms with E-state index in [0.29, 0.717) is 37.6 Å². The van der Waals surface area contributed by atoms with E-state index < -0.39 is 22.2 Å². The van der Waals surface area contributed by atoms with Crippen LogP contribution in [0.5, 0.6) is 17.4 Å². The molecule has 0 aliphatic carbocycles. The van der Waals surface area contributed by atoms with E-state index in [1.165, 1.54) is 37.8 Å². The second-order valence-corrected chi connectivity index (χ2v) is 14.6. The van der Waals surface area contributed by atoms with Gasteiger partial charge < -0.3 is 24.6 Å². The molecule has 5 rings (SSSR count). The molecule has 0 saturated carbocycles. The van der Waals surface area contributed by atoms with Crippen molar-refractivity contribution >= 4 is 27.3 Å². The van der Waals surface area contributed by atoms with Crippen LogP contribution in [0.2, 0.25) is 0 Å². The highest BCUT2D eigenvalue weighted by atomic mass is 32.2. The minimum Gasteiger partial charge on any atom is -0.504 e. The number of hydrogen-bond acceptors (Lipinski definition) is 10. The van der Waals surface area contributed by atoms with E-state index in [4.69, 9.17) is 14.2 Å². The number of nitrogens with zero attached hydrogens (tertiary/aromatic N) is 3. The lowest BCUT2D eigenvalue weighted by atomic mass is 9.87. The molecule has 1 amide bonds. The first-order valence-electron chi connectivity index (χ1n) is 15.9. The average Bonchev–Trinajstić information content (AvgIpc) is 3.06. The first kappa shape index (κ1) is 35.6. The SMILES string of the molecule is COc1c(O)cc(C(Oc2ccncn2)C(C(=O)Nc2c(C)cccc2C)N2CCOCC2)cc1NS(=O)(=O)c1cccc(C(C)(C)C)c1. The molecule has 3 aromatic carbocycles. The normalized spacial score (nSPS) is 15.2. The smallest absolute Gasteiger partial charge is 0.262 e. The number of para-hydroxylation sites is 1. The molecule has 1 saturated heterocycles. The van der Waals surface area contributed by atoms with Gasteiger partial charge in [-0.15, -0.1) is 0 Å². The fourth-order valence-corrected chi connectivity index (χ4v) is 6.87. The van der Waals surface area contributed by atoms with Gasteiger partial charge in [-0.1, -0.05) is 51.1 Å². The summed E-state index contributed by atoms with van der Waals surface area (Å²) in [6.07, 6.45) is 1.74. The Morgan fingerprint density at radius 3 is 2.35 bits per heavy atom. The van der Waals surface area contributed by atoms with Gasteiger partial charge in [-0.25, -0.2) is 18.4 Å². The summed E-state index contributed by atoms with van der Waals surface area (Å²) in [5.41, 5.74) is 3.25. The highest BCUT2D eigenvalue weighted by Crippen LogP contribution is 2.41. The number of anilines is 2. The quantitative estimate of drug-likeness (QED) is 0.188. The molecule has 3 N–H and O–H groups in total. The van der Waals surface area contributed by atoms with Crippen molar-refractivity contribution in [3.63, 3.8) is 0 Å². The van der Waals surface area contributed by atoms with Crippen LogP contribution in [0.15, 0.2) is 78.1 Å². The van der Waals surface area contributed by atoms with Gasteiger partial charge in [-0.3, -0.25) is 14.4 Å². The van der Waals surface area contributed by atoms with E-state index in [0.717, 1.165) is 16.7 Å². The van der Waals surface area contributed by atoms with Gasteiger partial charge in [0, 0.05) is 36.6 Å². The van der Waals surface area contributed by atoms with Crippen molar-refractivity contribution in [2.24, 2.45) is 0 Å². The summed E-state index contributed by atoms with van der Waals surface area (Å²) in [6.45, 7) is 11.4. The lowest BCUT2D eigenvalue weighted by molar-refractivity contribution is -0.127. The highest BCUT2D eigenvalue weighted by Gasteiger charge is 2.39. The molecule has 1 aromatic heterocycles. The van der Waals surface area contributed by atoms with Crippen molar-refractivity contribution in [1.82, 2.24) is 14.9 Å². The van der Waals surface area contributed by atoms with Crippen LogP contribution in [0.3, 0.4) is 0 Å². The van der Waals surface area contributed by atoms with Gasteiger partial charge in [-0.2, -0.15) is 0 Å². The number of phenols is 1. The molecule has 2 heterocycles. The van der Waals surface area contributed by atoms with Gasteiger partial charge in [0.1, 0.15) is 12.4 Å². The van der Waals surface area contributed by atoms with E-state index in [-0.39, 0.29) is 39.3 Å². The molecular formula is C36H43N5O7S. The molecular weight excluding hydrogens is 646 g/mol. The molecule has 49 heavy (non-hydrogen) atoms. The zero-order valence-corrected chi connectivity index (χ0v) is 29.4. The zero-order valence-electron chi connectivity index (χ0n) is 28.6. The maximum absolute atomic E-state index is 14.4. The van der Waals surface area contributed by atoms with Crippen molar-refractivity contribution in [3.05, 3.63) is 95.4 Å². The second kappa shape index (κ2) is 14.8. The minimum absolute atomic E-state index is 0.0363. The van der Waals surface area contributed by atoms with Crippen LogP contribution < -0.4 is 19.5 Å². The average molecular weight is 690 g/mol. The number of benzene rings is 3. The number of aromatic nitrogens is 2. The number of carbonyl (C=O) groups excluding carboxylic acids is 1. The van der Waals surface area contributed by atoms with Crippen LogP contribution in [0, 0.1) is 13.8 Å². The number of hydrogen-bond donors (Lipinski definition) is 3. The molecule has 2 atom stereocenters. The Kier molecular flexibility index (Phi) is 10.8. The summed E-state index contributed by atoms with van der Waals surface area (Å²) in [5, 5.41) is 14.4. The van der Waals surface area contributed by atoms with Gasteiger partial charge in [-0.05, 0) is 60.2 Å². The number of aryl methyl sites for hydroxylation is 2. The van der Waals surface area contributed by atoms with Crippen LogP contribution in [-0.4, -0.2) is 73.8 Å². The molecule has 0 spiro atoms. The molecule has 12 nitrogen and oxygen atoms in total. The number of methoxy groups -OCH3 is 1. The summed E-state index contributed by atoms with van der Waals surface area (Å²) in [6, 6.07) is 15.9. The van der Waals surface area contributed by atoms with Crippen molar-refractivity contribution in [2.45, 2.75) is 57.1 Å². The van der Waals surface area contributed by atoms with Gasteiger partial charge in [0.05, 0.1) is 30.9 Å². The fraction of sp³-hybridized carbons (Fsp3) is 0.361. The standard InChI is InChI=1S/C36H43N5O7S/c1-23-9-7-10-24(2)31(23)39-35(43)32(41-15-17-47-18-16-41)33(48-30-13-14-37-22-38-30)25-19-28(34(46-6)29(42)20-25)40-49(44,45)27-12-8-11-26(21-27)36(3,4)5/h7-14,19-22,32-33,40,42H,15-18H2,1-6H3,(H,39,43). The van der Waals surface area contributed by atoms with Crippen LogP contribution in [-0.2, 0) is 25.0 Å². The number of carbonyl (C=O) groups is 1. The Morgan fingerprint density at radius 2 is 1.71 bits per heavy atom. The number of sulfonamides is 1. The van der Waals surface area contributed by atoms with Crippen molar-refractivity contribution in [3.8, 4) is 17.4 Å². The number of ether oxygens (including phenoxy) is 3. The van der Waals surface area contributed by atoms with E-state index in [1.54, 1.807) is 18.2 Å². The third kappa shape index (κ3) is 8.30. The molecule has 4 aromatic rings. The van der Waals surface area contributed by atoms with Crippen molar-refractivity contribution in [2.75, 3.05) is 43.5 Å². The third-order valence-electron chi connectivity index (χ3n) is 8.41. The third-order valence-corrected chi connectivity index (χ3v) is 9.77. The molecule has 0 radical (unpaired) electrons. The molecule has 2 unspecified atom stereocenters. The second-order valence-electron chi connectivity index (χ2n) is 12.9. The van der Waals surface area contributed by atoms with Gasteiger partial charge in [0.2, 0.25) is 11.8 Å². The van der Waals surface area contributed by atoms with E-state index in [1.807, 2.05) is 63.8 Å². The topological polar surface area (TPSA) is 152 Å². The van der Waals surface area contributed by atoms with Crippen LogP contribution in [0.1, 0.15) is 49.1 Å². The Morgan fingerprint density at radius 1 is 1.02 bits per heavy atom. The predicted molar refractivity (Wildman–Crippen MR) is 187 cm³/mol. The van der Waals surface area contributed by atoms with Crippen LogP contribution >= 0.6 is 0 Å². The first-order valence-corrected chi connectivity index (χ1v) is 17.4.